The van der Waals surface area contributed by atoms with Crippen molar-refractivity contribution in [1.29, 1.82) is 0 Å². The first-order chi connectivity index (χ1) is 14.0. The number of halogens is 1. The number of carbonyl (C=O) groups excluding carboxylic acids is 1. The molecular weight excluding hydrogens is 487 g/mol. The third kappa shape index (κ3) is 6.45. The van der Waals surface area contributed by atoms with Gasteiger partial charge in [-0.3, -0.25) is 4.79 Å². The number of hydrogen-bond donors (Lipinski definition) is 2. The second kappa shape index (κ2) is 11.5. The summed E-state index contributed by atoms with van der Waals surface area (Å²) in [5.41, 5.74) is 2.31. The van der Waals surface area contributed by atoms with Crippen LogP contribution in [0.25, 0.3) is 10.8 Å². The number of benzene rings is 3. The maximum absolute atomic E-state index is 12.0. The molecule has 2 N–H and O–H groups in total. The number of guanidine groups is 1. The Bertz CT molecular complexity index is 983. The quantitative estimate of drug-likeness (QED) is 0.291. The van der Waals surface area contributed by atoms with Crippen LogP contribution in [0.15, 0.2) is 77.8 Å². The summed E-state index contributed by atoms with van der Waals surface area (Å²) in [6.45, 7) is 2.83. The van der Waals surface area contributed by atoms with E-state index in [-0.39, 0.29) is 42.5 Å². The van der Waals surface area contributed by atoms with Gasteiger partial charge in [-0.25, -0.2) is 4.99 Å². The number of aliphatic imine (C=N–C) groups is 1. The fourth-order valence-corrected chi connectivity index (χ4v) is 3.13. The zero-order valence-electron chi connectivity index (χ0n) is 17.6. The second-order valence-electron chi connectivity index (χ2n) is 7.23. The summed E-state index contributed by atoms with van der Waals surface area (Å²) in [5.74, 6) is 0.613. The van der Waals surface area contributed by atoms with Gasteiger partial charge in [0.25, 0.3) is 0 Å². The van der Waals surface area contributed by atoms with E-state index < -0.39 is 0 Å². The molecule has 3 aromatic carbocycles. The minimum absolute atomic E-state index is 0. The molecule has 3 rings (SSSR count). The summed E-state index contributed by atoms with van der Waals surface area (Å²) in [5, 5.41) is 9.04. The van der Waals surface area contributed by atoms with Gasteiger partial charge >= 0.3 is 0 Å². The molecule has 5 nitrogen and oxygen atoms in total. The van der Waals surface area contributed by atoms with Crippen molar-refractivity contribution in [3.8, 4) is 0 Å². The molecule has 0 aromatic heterocycles. The Labute approximate surface area is 195 Å². The van der Waals surface area contributed by atoms with E-state index in [1.54, 1.807) is 19.0 Å². The van der Waals surface area contributed by atoms with Gasteiger partial charge in [0.15, 0.2) is 5.96 Å². The minimum atomic E-state index is -0.00275. The molecule has 1 unspecified atom stereocenters. The average molecular weight is 516 g/mol. The van der Waals surface area contributed by atoms with E-state index in [2.05, 4.69) is 54.0 Å². The maximum atomic E-state index is 12.0. The average Bonchev–Trinajstić information content (AvgIpc) is 2.75. The van der Waals surface area contributed by atoms with Crippen molar-refractivity contribution in [1.82, 2.24) is 15.5 Å². The molecule has 1 amide bonds. The van der Waals surface area contributed by atoms with Crippen molar-refractivity contribution in [2.24, 2.45) is 4.99 Å². The molecule has 0 spiro atoms. The third-order valence-electron chi connectivity index (χ3n) is 4.81. The first-order valence-corrected chi connectivity index (χ1v) is 9.81. The van der Waals surface area contributed by atoms with Crippen molar-refractivity contribution in [3.63, 3.8) is 0 Å². The zero-order chi connectivity index (χ0) is 20.6. The second-order valence-corrected chi connectivity index (χ2v) is 7.23. The van der Waals surface area contributed by atoms with Crippen molar-refractivity contribution in [3.05, 3.63) is 83.9 Å². The summed E-state index contributed by atoms with van der Waals surface area (Å²) in [6.07, 6.45) is 0. The van der Waals surface area contributed by atoms with Crippen LogP contribution in [0.1, 0.15) is 24.1 Å². The maximum Gasteiger partial charge on any atom is 0.241 e. The van der Waals surface area contributed by atoms with Gasteiger partial charge in [-0.05, 0) is 28.8 Å². The van der Waals surface area contributed by atoms with Gasteiger partial charge in [-0.2, -0.15) is 0 Å². The Morgan fingerprint density at radius 2 is 1.63 bits per heavy atom. The van der Waals surface area contributed by atoms with Crippen LogP contribution in [0.3, 0.4) is 0 Å². The number of likely N-dealkylation sites (N-methyl/N-ethyl adjacent to an activating group) is 1. The molecule has 6 heteroatoms. The molecule has 158 valence electrons. The predicted molar refractivity (Wildman–Crippen MR) is 135 cm³/mol. The zero-order valence-corrected chi connectivity index (χ0v) is 20.0. The van der Waals surface area contributed by atoms with Crippen LogP contribution in [0, 0.1) is 0 Å². The van der Waals surface area contributed by atoms with Crippen LogP contribution in [0.4, 0.5) is 0 Å². The molecule has 0 heterocycles. The van der Waals surface area contributed by atoms with Gasteiger partial charge in [-0.1, -0.05) is 72.8 Å². The topological polar surface area (TPSA) is 56.7 Å². The molecule has 1 atom stereocenters. The standard InChI is InChI=1S/C24H28N4O.HI/c1-18(21-15-9-13-20-12-7-8-14-22(20)21)27-24(26-17-23(29)28(2)3)25-16-19-10-5-4-6-11-19;/h4-15,18H,16-17H2,1-3H3,(H2,25,26,27);1H. The number of rotatable bonds is 6. The summed E-state index contributed by atoms with van der Waals surface area (Å²) in [7, 11) is 3.49. The van der Waals surface area contributed by atoms with E-state index in [9.17, 15) is 4.79 Å². The molecular formula is C24H29IN4O. The Morgan fingerprint density at radius 1 is 0.967 bits per heavy atom. The monoisotopic (exact) mass is 516 g/mol. The van der Waals surface area contributed by atoms with Crippen LogP contribution >= 0.6 is 24.0 Å². The fourth-order valence-electron chi connectivity index (χ4n) is 3.13. The number of nitrogens with zero attached hydrogens (tertiary/aromatic N) is 2. The summed E-state index contributed by atoms with van der Waals surface area (Å²) >= 11 is 0. The number of amides is 1. The van der Waals surface area contributed by atoms with Crippen LogP contribution in [-0.4, -0.2) is 37.4 Å². The van der Waals surface area contributed by atoms with Crippen LogP contribution in [0.5, 0.6) is 0 Å². The van der Waals surface area contributed by atoms with E-state index >= 15 is 0 Å². The van der Waals surface area contributed by atoms with E-state index in [0.717, 1.165) is 5.56 Å². The summed E-state index contributed by atoms with van der Waals surface area (Å²) < 4.78 is 0. The summed E-state index contributed by atoms with van der Waals surface area (Å²) in [4.78, 5) is 18.3. The molecule has 30 heavy (non-hydrogen) atoms. The number of nitrogens with one attached hydrogen (secondary N) is 2. The lowest BCUT2D eigenvalue weighted by atomic mass is 10.00. The van der Waals surface area contributed by atoms with Crippen molar-refractivity contribution < 1.29 is 4.79 Å². The number of fused-ring (bicyclic) bond motifs is 1. The third-order valence-corrected chi connectivity index (χ3v) is 4.81. The van der Waals surface area contributed by atoms with Gasteiger partial charge in [0, 0.05) is 14.1 Å². The minimum Gasteiger partial charge on any atom is -0.350 e. The van der Waals surface area contributed by atoms with Gasteiger partial charge in [-0.15, -0.1) is 24.0 Å². The Kier molecular flexibility index (Phi) is 9.11. The fraction of sp³-hybridized carbons (Fsp3) is 0.250. The van der Waals surface area contributed by atoms with Crippen LogP contribution < -0.4 is 10.6 Å². The van der Waals surface area contributed by atoms with Gasteiger partial charge in [0.2, 0.25) is 5.91 Å². The molecule has 0 aliphatic heterocycles. The molecule has 0 aliphatic carbocycles. The van der Waals surface area contributed by atoms with Crippen LogP contribution in [-0.2, 0) is 11.3 Å². The smallest absolute Gasteiger partial charge is 0.241 e. The lowest BCUT2D eigenvalue weighted by Crippen LogP contribution is -2.43. The molecule has 0 bridgehead atoms. The highest BCUT2D eigenvalue weighted by molar-refractivity contribution is 14.0. The lowest BCUT2D eigenvalue weighted by Gasteiger charge is -2.21. The van der Waals surface area contributed by atoms with E-state index in [0.29, 0.717) is 12.5 Å². The first-order valence-electron chi connectivity index (χ1n) is 9.81. The Balaban J connectivity index is 0.00000320. The van der Waals surface area contributed by atoms with Crippen molar-refractivity contribution >= 4 is 46.6 Å². The molecule has 0 fully saturated rings. The van der Waals surface area contributed by atoms with E-state index in [1.807, 2.05) is 36.4 Å². The Morgan fingerprint density at radius 3 is 2.37 bits per heavy atom. The summed E-state index contributed by atoms with van der Waals surface area (Å²) in [6, 6.07) is 24.8. The Hall–Kier alpha value is -2.61. The van der Waals surface area contributed by atoms with Gasteiger partial charge in [0.05, 0.1) is 19.1 Å². The highest BCUT2D eigenvalue weighted by Crippen LogP contribution is 2.23. The molecule has 3 aromatic rings. The van der Waals surface area contributed by atoms with E-state index in [1.165, 1.54) is 16.3 Å². The van der Waals surface area contributed by atoms with Gasteiger partial charge < -0.3 is 15.5 Å². The number of carbonyl (C=O) groups is 1. The number of hydrogen-bond acceptors (Lipinski definition) is 2. The molecule has 0 saturated heterocycles. The van der Waals surface area contributed by atoms with Gasteiger partial charge in [0.1, 0.15) is 0 Å². The van der Waals surface area contributed by atoms with Crippen molar-refractivity contribution in [2.75, 3.05) is 20.6 Å². The van der Waals surface area contributed by atoms with E-state index in [4.69, 9.17) is 4.99 Å². The predicted octanol–water partition coefficient (Wildman–Crippen LogP) is 4.34. The first kappa shape index (κ1) is 23.7. The molecule has 0 aliphatic rings. The highest BCUT2D eigenvalue weighted by Gasteiger charge is 2.12. The molecule has 0 saturated carbocycles. The largest absolute Gasteiger partial charge is 0.350 e. The SMILES string of the molecule is CC(NC(=NCc1ccccc1)NCC(=O)N(C)C)c1cccc2ccccc12.I. The normalized spacial score (nSPS) is 12.0. The lowest BCUT2D eigenvalue weighted by molar-refractivity contribution is -0.127. The van der Waals surface area contributed by atoms with Crippen LogP contribution in [0.2, 0.25) is 0 Å². The highest BCUT2D eigenvalue weighted by atomic mass is 127. The van der Waals surface area contributed by atoms with Crippen molar-refractivity contribution in [2.45, 2.75) is 19.5 Å². The molecule has 0 radical (unpaired) electrons.